The Hall–Kier alpha value is -3.61. The molecule has 1 N–H and O–H groups in total. The molecule has 0 unspecified atom stereocenters. The number of ether oxygens (including phenoxy) is 2. The van der Waals surface area contributed by atoms with Gasteiger partial charge in [0, 0.05) is 18.3 Å². The number of imidazole rings is 1. The summed E-state index contributed by atoms with van der Waals surface area (Å²) >= 11 is 0. The van der Waals surface area contributed by atoms with Crippen LogP contribution in [-0.2, 0) is 6.42 Å². The fourth-order valence-electron chi connectivity index (χ4n) is 3.24. The summed E-state index contributed by atoms with van der Waals surface area (Å²) in [6.45, 7) is 3.39. The van der Waals surface area contributed by atoms with E-state index in [2.05, 4.69) is 21.4 Å². The number of fused-ring (bicyclic) bond motifs is 1. The van der Waals surface area contributed by atoms with Crippen LogP contribution < -0.4 is 14.8 Å². The van der Waals surface area contributed by atoms with Crippen LogP contribution >= 0.6 is 0 Å². The van der Waals surface area contributed by atoms with Gasteiger partial charge in [0.05, 0.1) is 31.8 Å². The van der Waals surface area contributed by atoms with Gasteiger partial charge in [-0.3, -0.25) is 4.98 Å². The van der Waals surface area contributed by atoms with Crippen LogP contribution in [0.1, 0.15) is 12.5 Å². The van der Waals surface area contributed by atoms with E-state index in [0.717, 1.165) is 41.4 Å². The molecule has 0 bridgehead atoms. The summed E-state index contributed by atoms with van der Waals surface area (Å²) in [6, 6.07) is 13.9. The molecule has 148 valence electrons. The molecule has 4 aromatic rings. The molecule has 7 nitrogen and oxygen atoms in total. The van der Waals surface area contributed by atoms with E-state index in [1.54, 1.807) is 25.7 Å². The molecule has 0 saturated heterocycles. The van der Waals surface area contributed by atoms with E-state index in [0.29, 0.717) is 12.4 Å². The molecule has 3 aromatic heterocycles. The molecule has 0 aliphatic heterocycles. The molecule has 0 amide bonds. The molecule has 29 heavy (non-hydrogen) atoms. The van der Waals surface area contributed by atoms with E-state index in [1.165, 1.54) is 5.56 Å². The summed E-state index contributed by atoms with van der Waals surface area (Å²) in [5.74, 6) is 2.39. The van der Waals surface area contributed by atoms with Crippen LogP contribution in [-0.4, -0.2) is 39.8 Å². The predicted octanol–water partition coefficient (Wildman–Crippen LogP) is 3.85. The maximum absolute atomic E-state index is 5.70. The molecule has 0 atom stereocenters. The zero-order valence-electron chi connectivity index (χ0n) is 16.5. The molecule has 3 heterocycles. The van der Waals surface area contributed by atoms with E-state index in [-0.39, 0.29) is 0 Å². The zero-order valence-corrected chi connectivity index (χ0v) is 16.5. The van der Waals surface area contributed by atoms with Crippen molar-refractivity contribution in [1.29, 1.82) is 0 Å². The lowest BCUT2D eigenvalue weighted by atomic mass is 10.1. The van der Waals surface area contributed by atoms with Crippen molar-refractivity contribution in [2.45, 2.75) is 13.3 Å². The first-order valence-corrected chi connectivity index (χ1v) is 9.58. The van der Waals surface area contributed by atoms with Crippen LogP contribution in [0.3, 0.4) is 0 Å². The van der Waals surface area contributed by atoms with Crippen molar-refractivity contribution >= 4 is 11.5 Å². The van der Waals surface area contributed by atoms with Crippen LogP contribution in [0.4, 0.5) is 5.82 Å². The Morgan fingerprint density at radius 1 is 1.03 bits per heavy atom. The minimum absolute atomic E-state index is 0.657. The van der Waals surface area contributed by atoms with E-state index >= 15 is 0 Å². The number of nitrogens with one attached hydrogen (secondary N) is 1. The van der Waals surface area contributed by atoms with Gasteiger partial charge in [-0.1, -0.05) is 18.2 Å². The van der Waals surface area contributed by atoms with Gasteiger partial charge in [-0.2, -0.15) is 0 Å². The van der Waals surface area contributed by atoms with Gasteiger partial charge in [0.15, 0.2) is 5.65 Å². The minimum Gasteiger partial charge on any atom is -0.494 e. The molecule has 0 spiro atoms. The smallest absolute Gasteiger partial charge is 0.154 e. The summed E-state index contributed by atoms with van der Waals surface area (Å²) in [6.07, 6.45) is 6.05. The highest BCUT2D eigenvalue weighted by atomic mass is 16.5. The summed E-state index contributed by atoms with van der Waals surface area (Å²) in [4.78, 5) is 8.57. The average Bonchev–Trinajstić information content (AvgIpc) is 3.18. The highest BCUT2D eigenvalue weighted by molar-refractivity contribution is 5.69. The van der Waals surface area contributed by atoms with Gasteiger partial charge in [0.2, 0.25) is 0 Å². The van der Waals surface area contributed by atoms with Gasteiger partial charge >= 0.3 is 0 Å². The Morgan fingerprint density at radius 3 is 2.79 bits per heavy atom. The molecular weight excluding hydrogens is 366 g/mol. The Balaban J connectivity index is 1.54. The molecule has 0 fully saturated rings. The van der Waals surface area contributed by atoms with Gasteiger partial charge in [0.25, 0.3) is 0 Å². The van der Waals surface area contributed by atoms with Crippen molar-refractivity contribution in [3.8, 4) is 22.8 Å². The second-order valence-electron chi connectivity index (χ2n) is 6.43. The fraction of sp³-hybridized carbons (Fsp3) is 0.227. The maximum Gasteiger partial charge on any atom is 0.154 e. The quantitative estimate of drug-likeness (QED) is 0.493. The lowest BCUT2D eigenvalue weighted by Gasteiger charge is -2.11. The van der Waals surface area contributed by atoms with Gasteiger partial charge in [-0.15, -0.1) is 5.10 Å². The molecule has 7 heteroatoms. The third-order valence-corrected chi connectivity index (χ3v) is 4.62. The van der Waals surface area contributed by atoms with Gasteiger partial charge in [-0.25, -0.2) is 9.50 Å². The third kappa shape index (κ3) is 3.99. The number of anilines is 1. The number of hydrogen-bond acceptors (Lipinski definition) is 6. The van der Waals surface area contributed by atoms with Crippen molar-refractivity contribution in [2.24, 2.45) is 0 Å². The maximum atomic E-state index is 5.70. The number of benzene rings is 1. The number of hydrogen-bond donors (Lipinski definition) is 1. The van der Waals surface area contributed by atoms with Crippen molar-refractivity contribution in [3.05, 3.63) is 66.6 Å². The Labute approximate surface area is 169 Å². The number of aromatic nitrogens is 4. The second-order valence-corrected chi connectivity index (χ2v) is 6.43. The fourth-order valence-corrected chi connectivity index (χ4v) is 3.24. The number of pyridine rings is 1. The summed E-state index contributed by atoms with van der Waals surface area (Å²) < 4.78 is 12.9. The first-order chi connectivity index (χ1) is 14.3. The van der Waals surface area contributed by atoms with Crippen molar-refractivity contribution < 1.29 is 9.47 Å². The standard InChI is InChI=1S/C22H23N5O2/c1-3-29-19-7-5-4-6-16(19)10-13-24-21-8-9-22-25-14-18(27(22)26-21)17-11-12-23-15-20(17)28-2/h4-9,11-12,14-15H,3,10,13H2,1-2H3,(H,24,26). The molecule has 0 radical (unpaired) electrons. The van der Waals surface area contributed by atoms with Crippen LogP contribution in [0.15, 0.2) is 61.1 Å². The van der Waals surface area contributed by atoms with Crippen LogP contribution in [0.25, 0.3) is 16.9 Å². The number of nitrogens with zero attached hydrogens (tertiary/aromatic N) is 4. The molecular formula is C22H23N5O2. The zero-order chi connectivity index (χ0) is 20.1. The van der Waals surface area contributed by atoms with E-state index < -0.39 is 0 Å². The van der Waals surface area contributed by atoms with Crippen LogP contribution in [0.5, 0.6) is 11.5 Å². The molecule has 0 saturated carbocycles. The van der Waals surface area contributed by atoms with Crippen LogP contribution in [0.2, 0.25) is 0 Å². The molecule has 1 aromatic carbocycles. The highest BCUT2D eigenvalue weighted by Gasteiger charge is 2.12. The number of rotatable bonds is 8. The van der Waals surface area contributed by atoms with Crippen molar-refractivity contribution in [1.82, 2.24) is 19.6 Å². The van der Waals surface area contributed by atoms with Gasteiger partial charge in [0.1, 0.15) is 17.3 Å². The van der Waals surface area contributed by atoms with E-state index in [1.807, 2.05) is 47.8 Å². The Kier molecular flexibility index (Phi) is 5.56. The minimum atomic E-state index is 0.657. The summed E-state index contributed by atoms with van der Waals surface area (Å²) in [7, 11) is 1.63. The highest BCUT2D eigenvalue weighted by Crippen LogP contribution is 2.29. The molecule has 0 aliphatic rings. The van der Waals surface area contributed by atoms with Gasteiger partial charge < -0.3 is 14.8 Å². The first-order valence-electron chi connectivity index (χ1n) is 9.58. The van der Waals surface area contributed by atoms with Crippen molar-refractivity contribution in [2.75, 3.05) is 25.6 Å². The monoisotopic (exact) mass is 389 g/mol. The van der Waals surface area contributed by atoms with E-state index in [4.69, 9.17) is 14.6 Å². The third-order valence-electron chi connectivity index (χ3n) is 4.62. The predicted molar refractivity (Wildman–Crippen MR) is 113 cm³/mol. The largest absolute Gasteiger partial charge is 0.494 e. The normalized spacial score (nSPS) is 10.8. The first kappa shape index (κ1) is 18.7. The number of para-hydroxylation sites is 1. The Bertz CT molecular complexity index is 1110. The number of methoxy groups -OCH3 is 1. The summed E-state index contributed by atoms with van der Waals surface area (Å²) in [5, 5.41) is 8.11. The SMILES string of the molecule is CCOc1ccccc1CCNc1ccc2ncc(-c3ccncc3OC)n2n1. The molecule has 4 rings (SSSR count). The van der Waals surface area contributed by atoms with Gasteiger partial charge in [-0.05, 0) is 43.2 Å². The topological polar surface area (TPSA) is 73.6 Å². The lowest BCUT2D eigenvalue weighted by Crippen LogP contribution is -2.09. The molecule has 0 aliphatic carbocycles. The van der Waals surface area contributed by atoms with Crippen LogP contribution in [0, 0.1) is 0 Å². The summed E-state index contributed by atoms with van der Waals surface area (Å²) in [5.41, 5.74) is 3.69. The van der Waals surface area contributed by atoms with Crippen molar-refractivity contribution in [3.63, 3.8) is 0 Å². The Morgan fingerprint density at radius 2 is 1.93 bits per heavy atom. The lowest BCUT2D eigenvalue weighted by molar-refractivity contribution is 0.336. The average molecular weight is 389 g/mol. The van der Waals surface area contributed by atoms with E-state index in [9.17, 15) is 0 Å². The second kappa shape index (κ2) is 8.60.